The van der Waals surface area contributed by atoms with E-state index in [0.717, 1.165) is 25.5 Å². The summed E-state index contributed by atoms with van der Waals surface area (Å²) in [5.74, 6) is 1.28. The number of amides is 1. The first-order chi connectivity index (χ1) is 12.5. The van der Waals surface area contributed by atoms with Gasteiger partial charge in [-0.2, -0.15) is 5.10 Å². The topological polar surface area (TPSA) is 62.2 Å². The molecule has 0 bridgehead atoms. The number of halogens is 2. The van der Waals surface area contributed by atoms with Gasteiger partial charge in [0.25, 0.3) is 0 Å². The summed E-state index contributed by atoms with van der Waals surface area (Å²) in [7, 11) is 0. The van der Waals surface area contributed by atoms with Gasteiger partial charge in [0.2, 0.25) is 5.91 Å². The third kappa shape index (κ3) is 6.48. The molecule has 0 unspecified atom stereocenters. The van der Waals surface area contributed by atoms with Crippen molar-refractivity contribution in [2.45, 2.75) is 39.3 Å². The van der Waals surface area contributed by atoms with Crippen LogP contribution in [-0.4, -0.2) is 52.8 Å². The first kappa shape index (κ1) is 24.4. The van der Waals surface area contributed by atoms with E-state index in [9.17, 15) is 4.79 Å². The number of piperazine rings is 1. The highest BCUT2D eigenvalue weighted by molar-refractivity contribution is 5.91. The zero-order valence-electron chi connectivity index (χ0n) is 16.7. The molecule has 1 aromatic carbocycles. The molecule has 2 heterocycles. The number of anilines is 1. The Hall–Kier alpha value is -1.60. The molecule has 1 atom stereocenters. The fraction of sp³-hybridized carbons (Fsp3) is 0.500. The molecule has 1 amide bonds. The van der Waals surface area contributed by atoms with Crippen molar-refractivity contribution in [2.24, 2.45) is 0 Å². The van der Waals surface area contributed by atoms with Gasteiger partial charge in [-0.3, -0.25) is 9.69 Å². The molecule has 0 saturated carbocycles. The van der Waals surface area contributed by atoms with Crippen molar-refractivity contribution < 1.29 is 4.79 Å². The molecule has 1 aliphatic rings. The first-order valence-electron chi connectivity index (χ1n) is 9.38. The molecule has 0 radical (unpaired) electrons. The Balaban J connectivity index is 0.00000196. The van der Waals surface area contributed by atoms with Crippen LogP contribution in [0.5, 0.6) is 0 Å². The molecule has 0 spiro atoms. The van der Waals surface area contributed by atoms with E-state index in [0.29, 0.717) is 25.0 Å². The Morgan fingerprint density at radius 3 is 2.61 bits per heavy atom. The summed E-state index contributed by atoms with van der Waals surface area (Å²) in [6, 6.07) is 10.8. The van der Waals surface area contributed by atoms with Crippen molar-refractivity contribution in [2.75, 3.05) is 31.5 Å². The van der Waals surface area contributed by atoms with Gasteiger partial charge in [-0.1, -0.05) is 38.1 Å². The van der Waals surface area contributed by atoms with Gasteiger partial charge in [0.15, 0.2) is 0 Å². The third-order valence-electron chi connectivity index (χ3n) is 4.95. The van der Waals surface area contributed by atoms with Gasteiger partial charge in [-0.25, -0.2) is 4.68 Å². The lowest BCUT2D eigenvalue weighted by Crippen LogP contribution is -2.52. The molecule has 156 valence electrons. The van der Waals surface area contributed by atoms with E-state index in [1.807, 2.05) is 10.7 Å². The summed E-state index contributed by atoms with van der Waals surface area (Å²) >= 11 is 0. The predicted octanol–water partition coefficient (Wildman–Crippen LogP) is 3.13. The Bertz CT molecular complexity index is 732. The molecule has 1 aromatic heterocycles. The van der Waals surface area contributed by atoms with Crippen LogP contribution in [0.4, 0.5) is 5.82 Å². The number of carbonyl (C=O) groups excluding carboxylic acids is 1. The van der Waals surface area contributed by atoms with E-state index in [-0.39, 0.29) is 30.7 Å². The molecule has 0 aliphatic carbocycles. The molecule has 1 aliphatic heterocycles. The van der Waals surface area contributed by atoms with E-state index >= 15 is 0 Å². The standard InChI is InChI=1S/C20H29N5O.2ClH/c1-15(2)18-6-4-17(5-7-18)13-25-19(8-9-22-25)23-20(26)14-24-11-10-21-12-16(24)3;;/h4-9,15-16,21H,10-14H2,1-3H3,(H,23,26);2*1H/t16-;;/m0../s1. The maximum absolute atomic E-state index is 12.4. The number of nitrogens with one attached hydrogen (secondary N) is 2. The van der Waals surface area contributed by atoms with Gasteiger partial charge in [0.1, 0.15) is 5.82 Å². The normalized spacial score (nSPS) is 16.9. The van der Waals surface area contributed by atoms with Crippen molar-refractivity contribution in [3.63, 3.8) is 0 Å². The summed E-state index contributed by atoms with van der Waals surface area (Å²) in [5, 5.41) is 10.7. The molecule has 1 saturated heterocycles. The lowest BCUT2D eigenvalue weighted by Gasteiger charge is -2.33. The van der Waals surface area contributed by atoms with Crippen LogP contribution in [0.15, 0.2) is 36.5 Å². The molecule has 1 fully saturated rings. The second-order valence-corrected chi connectivity index (χ2v) is 7.34. The minimum absolute atomic E-state index is 0. The van der Waals surface area contributed by atoms with Crippen molar-refractivity contribution in [3.8, 4) is 0 Å². The number of carbonyl (C=O) groups is 1. The number of nitrogens with zero attached hydrogens (tertiary/aromatic N) is 3. The molecular formula is C20H31Cl2N5O. The third-order valence-corrected chi connectivity index (χ3v) is 4.95. The molecule has 2 aromatic rings. The van der Waals surface area contributed by atoms with Crippen LogP contribution in [0.1, 0.15) is 37.8 Å². The van der Waals surface area contributed by atoms with Crippen LogP contribution < -0.4 is 10.6 Å². The SMILES string of the molecule is CC(C)c1ccc(Cn2nccc2NC(=O)CN2CCNC[C@@H]2C)cc1.Cl.Cl. The van der Waals surface area contributed by atoms with Crippen molar-refractivity contribution in [1.29, 1.82) is 0 Å². The summed E-state index contributed by atoms with van der Waals surface area (Å²) in [6.45, 7) is 10.3. The Morgan fingerprint density at radius 1 is 1.25 bits per heavy atom. The lowest BCUT2D eigenvalue weighted by atomic mass is 10.0. The lowest BCUT2D eigenvalue weighted by molar-refractivity contribution is -0.118. The minimum Gasteiger partial charge on any atom is -0.314 e. The van der Waals surface area contributed by atoms with E-state index in [4.69, 9.17) is 0 Å². The molecule has 3 rings (SSSR count). The second-order valence-electron chi connectivity index (χ2n) is 7.34. The van der Waals surface area contributed by atoms with Crippen LogP contribution in [0.2, 0.25) is 0 Å². The van der Waals surface area contributed by atoms with Gasteiger partial charge in [-0.15, -0.1) is 24.8 Å². The zero-order valence-corrected chi connectivity index (χ0v) is 18.4. The van der Waals surface area contributed by atoms with Crippen molar-refractivity contribution in [1.82, 2.24) is 20.0 Å². The highest BCUT2D eigenvalue weighted by Gasteiger charge is 2.20. The number of rotatable bonds is 6. The molecule has 2 N–H and O–H groups in total. The number of aromatic nitrogens is 2. The smallest absolute Gasteiger partial charge is 0.239 e. The number of hydrogen-bond acceptors (Lipinski definition) is 4. The Morgan fingerprint density at radius 2 is 1.96 bits per heavy atom. The quantitative estimate of drug-likeness (QED) is 0.742. The second kappa shape index (κ2) is 11.4. The molecule has 6 nitrogen and oxygen atoms in total. The van der Waals surface area contributed by atoms with Crippen LogP contribution in [0.3, 0.4) is 0 Å². The molecule has 8 heteroatoms. The highest BCUT2D eigenvalue weighted by Crippen LogP contribution is 2.16. The van der Waals surface area contributed by atoms with E-state index in [1.54, 1.807) is 6.20 Å². The predicted molar refractivity (Wildman–Crippen MR) is 119 cm³/mol. The van der Waals surface area contributed by atoms with E-state index in [2.05, 4.69) is 65.7 Å². The first-order valence-corrected chi connectivity index (χ1v) is 9.38. The fourth-order valence-corrected chi connectivity index (χ4v) is 3.23. The summed E-state index contributed by atoms with van der Waals surface area (Å²) < 4.78 is 1.84. The molecule has 28 heavy (non-hydrogen) atoms. The van der Waals surface area contributed by atoms with Gasteiger partial charge >= 0.3 is 0 Å². The average Bonchev–Trinajstić information content (AvgIpc) is 3.04. The van der Waals surface area contributed by atoms with Crippen LogP contribution >= 0.6 is 24.8 Å². The highest BCUT2D eigenvalue weighted by atomic mass is 35.5. The van der Waals surface area contributed by atoms with Gasteiger partial charge in [0.05, 0.1) is 19.3 Å². The van der Waals surface area contributed by atoms with Gasteiger partial charge in [0, 0.05) is 31.7 Å². The minimum atomic E-state index is 0. The zero-order chi connectivity index (χ0) is 18.5. The monoisotopic (exact) mass is 427 g/mol. The summed E-state index contributed by atoms with van der Waals surface area (Å²) in [6.07, 6.45) is 1.73. The van der Waals surface area contributed by atoms with Gasteiger partial charge < -0.3 is 10.6 Å². The van der Waals surface area contributed by atoms with Crippen molar-refractivity contribution >= 4 is 36.5 Å². The summed E-state index contributed by atoms with van der Waals surface area (Å²) in [5.41, 5.74) is 2.50. The average molecular weight is 428 g/mol. The molecular weight excluding hydrogens is 397 g/mol. The van der Waals surface area contributed by atoms with Crippen LogP contribution in [-0.2, 0) is 11.3 Å². The maximum Gasteiger partial charge on any atom is 0.239 e. The summed E-state index contributed by atoms with van der Waals surface area (Å²) in [4.78, 5) is 14.6. The Labute approximate surface area is 179 Å². The maximum atomic E-state index is 12.4. The Kier molecular flexibility index (Phi) is 9.96. The number of benzene rings is 1. The van der Waals surface area contributed by atoms with Crippen LogP contribution in [0.25, 0.3) is 0 Å². The number of hydrogen-bond donors (Lipinski definition) is 2. The van der Waals surface area contributed by atoms with E-state index in [1.165, 1.54) is 11.1 Å². The fourth-order valence-electron chi connectivity index (χ4n) is 3.23. The largest absolute Gasteiger partial charge is 0.314 e. The van der Waals surface area contributed by atoms with Crippen molar-refractivity contribution in [3.05, 3.63) is 47.7 Å². The van der Waals surface area contributed by atoms with Crippen LogP contribution in [0, 0.1) is 0 Å². The van der Waals surface area contributed by atoms with E-state index < -0.39 is 0 Å². The van der Waals surface area contributed by atoms with Gasteiger partial charge in [-0.05, 0) is 24.0 Å².